The third-order valence-corrected chi connectivity index (χ3v) is 5.77. The van der Waals surface area contributed by atoms with Crippen molar-refractivity contribution in [2.24, 2.45) is 0 Å². The Morgan fingerprint density at radius 2 is 1.72 bits per heavy atom. The van der Waals surface area contributed by atoms with Gasteiger partial charge in [-0.2, -0.15) is 0 Å². The first-order valence-electron chi connectivity index (χ1n) is 9.91. The van der Waals surface area contributed by atoms with Gasteiger partial charge in [0.2, 0.25) is 0 Å². The predicted octanol–water partition coefficient (Wildman–Crippen LogP) is 4.85. The van der Waals surface area contributed by atoms with E-state index >= 15 is 0 Å². The van der Waals surface area contributed by atoms with Crippen molar-refractivity contribution in [3.8, 4) is 5.75 Å². The molecule has 0 atom stereocenters. The molecule has 0 bridgehead atoms. The summed E-state index contributed by atoms with van der Waals surface area (Å²) in [5.74, 6) is -1.12. The fourth-order valence-electron chi connectivity index (χ4n) is 2.97. The molecule has 0 saturated heterocycles. The zero-order valence-corrected chi connectivity index (χ0v) is 18.8. The van der Waals surface area contributed by atoms with Gasteiger partial charge in [-0.05, 0) is 43.2 Å². The average Bonchev–Trinajstić information content (AvgIpc) is 3.14. The number of amides is 1. The fraction of sp³-hybridized carbons (Fsp3) is 0.208. The number of anilines is 1. The second kappa shape index (κ2) is 10.6. The van der Waals surface area contributed by atoms with Gasteiger partial charge in [0, 0.05) is 5.56 Å². The molecule has 7 nitrogen and oxygen atoms in total. The lowest BCUT2D eigenvalue weighted by Gasteiger charge is -2.08. The molecular weight excluding hydrogens is 430 g/mol. The minimum Gasteiger partial charge on any atom is -0.497 e. The molecule has 0 fully saturated rings. The van der Waals surface area contributed by atoms with Crippen molar-refractivity contribution in [3.63, 3.8) is 0 Å². The minimum atomic E-state index is -0.621. The highest BCUT2D eigenvalue weighted by Gasteiger charge is 2.27. The first-order chi connectivity index (χ1) is 15.4. The summed E-state index contributed by atoms with van der Waals surface area (Å²) in [6.45, 7) is 3.56. The average molecular weight is 454 g/mol. The normalized spacial score (nSPS) is 10.3. The Balaban J connectivity index is 1.87. The molecular formula is C24H23NO6S. The molecule has 1 heterocycles. The van der Waals surface area contributed by atoms with Crippen molar-refractivity contribution >= 4 is 34.2 Å². The number of ether oxygens (including phenoxy) is 3. The summed E-state index contributed by atoms with van der Waals surface area (Å²) in [4.78, 5) is 38.3. The van der Waals surface area contributed by atoms with Crippen LogP contribution in [0.3, 0.4) is 0 Å². The fourth-order valence-corrected chi connectivity index (χ4v) is 4.06. The van der Waals surface area contributed by atoms with Crippen molar-refractivity contribution in [2.75, 3.05) is 19.0 Å². The van der Waals surface area contributed by atoms with Crippen LogP contribution >= 0.6 is 11.3 Å². The van der Waals surface area contributed by atoms with Crippen LogP contribution in [0.15, 0.2) is 54.6 Å². The third-order valence-electron chi connectivity index (χ3n) is 4.58. The van der Waals surface area contributed by atoms with E-state index in [-0.39, 0.29) is 28.7 Å². The number of hydrogen-bond donors (Lipinski definition) is 1. The largest absolute Gasteiger partial charge is 0.497 e. The Labute approximate surface area is 189 Å². The number of methoxy groups -OCH3 is 1. The lowest BCUT2D eigenvalue weighted by Crippen LogP contribution is -2.15. The molecule has 166 valence electrons. The highest BCUT2D eigenvalue weighted by Crippen LogP contribution is 2.35. The number of benzene rings is 2. The summed E-state index contributed by atoms with van der Waals surface area (Å²) in [6, 6.07) is 15.9. The molecule has 0 aliphatic rings. The summed E-state index contributed by atoms with van der Waals surface area (Å²) in [5, 5.41) is 2.95. The van der Waals surface area contributed by atoms with E-state index in [1.807, 2.05) is 30.3 Å². The summed E-state index contributed by atoms with van der Waals surface area (Å²) < 4.78 is 15.7. The van der Waals surface area contributed by atoms with E-state index in [9.17, 15) is 14.4 Å². The van der Waals surface area contributed by atoms with E-state index in [0.29, 0.717) is 16.9 Å². The molecule has 32 heavy (non-hydrogen) atoms. The maximum absolute atomic E-state index is 12.8. The number of rotatable bonds is 8. The molecule has 1 N–H and O–H groups in total. The van der Waals surface area contributed by atoms with Crippen molar-refractivity contribution in [1.29, 1.82) is 0 Å². The molecule has 0 unspecified atom stereocenters. The van der Waals surface area contributed by atoms with E-state index in [1.165, 1.54) is 7.11 Å². The second-order valence-corrected chi connectivity index (χ2v) is 7.75. The van der Waals surface area contributed by atoms with Gasteiger partial charge in [-0.15, -0.1) is 11.3 Å². The molecule has 0 aliphatic heterocycles. The maximum atomic E-state index is 12.8. The number of thiophene rings is 1. The van der Waals surface area contributed by atoms with E-state index in [2.05, 4.69) is 5.32 Å². The standard InChI is InChI=1S/C24H23NO6S/c1-4-30-23(27)19-15(2)20(24(28)31-14-16-9-6-5-7-10-16)32-22(19)25-21(26)17-11-8-12-18(13-17)29-3/h5-13H,4,14H2,1-3H3,(H,25,26). The molecule has 8 heteroatoms. The predicted molar refractivity (Wildman–Crippen MR) is 122 cm³/mol. The first kappa shape index (κ1) is 23.0. The SMILES string of the molecule is CCOC(=O)c1c(NC(=O)c2cccc(OC)c2)sc(C(=O)OCc2ccccc2)c1C. The molecule has 0 spiro atoms. The van der Waals surface area contributed by atoms with Gasteiger partial charge in [0.1, 0.15) is 22.2 Å². The van der Waals surface area contributed by atoms with Crippen molar-refractivity contribution < 1.29 is 28.6 Å². The van der Waals surface area contributed by atoms with Crippen LogP contribution in [0.25, 0.3) is 0 Å². The zero-order chi connectivity index (χ0) is 23.1. The molecule has 3 rings (SSSR count). The smallest absolute Gasteiger partial charge is 0.349 e. The molecule has 0 aliphatic carbocycles. The minimum absolute atomic E-state index is 0.0945. The zero-order valence-electron chi connectivity index (χ0n) is 18.0. The summed E-state index contributed by atoms with van der Waals surface area (Å²) >= 11 is 0.978. The Morgan fingerprint density at radius 1 is 0.969 bits per heavy atom. The summed E-state index contributed by atoms with van der Waals surface area (Å²) in [6.07, 6.45) is 0. The Morgan fingerprint density at radius 3 is 2.41 bits per heavy atom. The number of nitrogens with one attached hydrogen (secondary N) is 1. The maximum Gasteiger partial charge on any atom is 0.349 e. The first-order valence-corrected chi connectivity index (χ1v) is 10.7. The van der Waals surface area contributed by atoms with Gasteiger partial charge in [0.05, 0.1) is 19.3 Å². The van der Waals surface area contributed by atoms with Crippen molar-refractivity contribution in [1.82, 2.24) is 0 Å². The van der Waals surface area contributed by atoms with Crippen LogP contribution in [0.4, 0.5) is 5.00 Å². The molecule has 1 amide bonds. The number of carbonyl (C=O) groups excluding carboxylic acids is 3. The van der Waals surface area contributed by atoms with Crippen LogP contribution in [0.2, 0.25) is 0 Å². The Hall–Kier alpha value is -3.65. The van der Waals surface area contributed by atoms with Crippen LogP contribution in [0, 0.1) is 6.92 Å². The van der Waals surface area contributed by atoms with Crippen molar-refractivity contribution in [2.45, 2.75) is 20.5 Å². The lowest BCUT2D eigenvalue weighted by molar-refractivity contribution is 0.0477. The van der Waals surface area contributed by atoms with Gasteiger partial charge >= 0.3 is 11.9 Å². The van der Waals surface area contributed by atoms with Gasteiger partial charge < -0.3 is 19.5 Å². The van der Waals surface area contributed by atoms with E-state index < -0.39 is 17.8 Å². The molecule has 2 aromatic carbocycles. The van der Waals surface area contributed by atoms with Gasteiger partial charge in [-0.1, -0.05) is 36.4 Å². The Bertz CT molecular complexity index is 1120. The summed E-state index contributed by atoms with van der Waals surface area (Å²) in [5.41, 5.74) is 1.72. The summed E-state index contributed by atoms with van der Waals surface area (Å²) in [7, 11) is 1.51. The van der Waals surface area contributed by atoms with Gasteiger partial charge in [-0.3, -0.25) is 4.79 Å². The number of hydrogen-bond acceptors (Lipinski definition) is 7. The van der Waals surface area contributed by atoms with E-state index in [0.717, 1.165) is 16.9 Å². The quantitative estimate of drug-likeness (QED) is 0.490. The van der Waals surface area contributed by atoms with Crippen LogP contribution in [-0.4, -0.2) is 31.6 Å². The topological polar surface area (TPSA) is 90.9 Å². The van der Waals surface area contributed by atoms with Gasteiger partial charge in [0.15, 0.2) is 0 Å². The monoisotopic (exact) mass is 453 g/mol. The highest BCUT2D eigenvalue weighted by molar-refractivity contribution is 7.18. The van der Waals surface area contributed by atoms with Crippen LogP contribution in [0.5, 0.6) is 5.75 Å². The molecule has 0 radical (unpaired) electrons. The van der Waals surface area contributed by atoms with Crippen LogP contribution < -0.4 is 10.1 Å². The molecule has 3 aromatic rings. The highest BCUT2D eigenvalue weighted by atomic mass is 32.1. The lowest BCUT2D eigenvalue weighted by atomic mass is 10.1. The van der Waals surface area contributed by atoms with Crippen LogP contribution in [-0.2, 0) is 16.1 Å². The number of carbonyl (C=O) groups is 3. The second-order valence-electron chi connectivity index (χ2n) is 6.73. The molecule has 1 aromatic heterocycles. The molecule has 0 saturated carbocycles. The van der Waals surface area contributed by atoms with Crippen molar-refractivity contribution in [3.05, 3.63) is 81.7 Å². The van der Waals surface area contributed by atoms with Gasteiger partial charge in [0.25, 0.3) is 5.91 Å². The third kappa shape index (κ3) is 5.33. The number of esters is 2. The Kier molecular flexibility index (Phi) is 7.62. The van der Waals surface area contributed by atoms with E-state index in [1.54, 1.807) is 38.1 Å². The van der Waals surface area contributed by atoms with Crippen LogP contribution in [0.1, 0.15) is 48.4 Å². The van der Waals surface area contributed by atoms with E-state index in [4.69, 9.17) is 14.2 Å². The van der Waals surface area contributed by atoms with Gasteiger partial charge in [-0.25, -0.2) is 9.59 Å².